The largest absolute Gasteiger partial charge is 0.443 e. The predicted molar refractivity (Wildman–Crippen MR) is 127 cm³/mol. The Balaban J connectivity index is 1.52. The van der Waals surface area contributed by atoms with E-state index in [1.54, 1.807) is 6.07 Å². The van der Waals surface area contributed by atoms with Gasteiger partial charge in [-0.1, -0.05) is 0 Å². The number of carbonyl (C=O) groups is 1. The number of carbonyl (C=O) groups excluding carboxylic acids is 1. The highest BCUT2D eigenvalue weighted by molar-refractivity contribution is 7.90. The minimum atomic E-state index is -3.49. The molecule has 11 nitrogen and oxygen atoms in total. The van der Waals surface area contributed by atoms with E-state index in [1.807, 2.05) is 11.8 Å². The molecule has 2 fully saturated rings. The number of aromatic amines is 1. The summed E-state index contributed by atoms with van der Waals surface area (Å²) in [6.07, 6.45) is 3.15. The van der Waals surface area contributed by atoms with Crippen molar-refractivity contribution >= 4 is 44.4 Å². The number of hydrogen-bond acceptors (Lipinski definition) is 9. The van der Waals surface area contributed by atoms with Crippen molar-refractivity contribution in [1.29, 1.82) is 0 Å². The van der Waals surface area contributed by atoms with Crippen LogP contribution in [0.25, 0.3) is 10.9 Å². The zero-order chi connectivity index (χ0) is 25.0. The molecule has 186 valence electrons. The number of fused-ring (bicyclic) bond motifs is 1. The highest BCUT2D eigenvalue weighted by atomic mass is 32.2. The number of ether oxygens (including phenoxy) is 1. The average Bonchev–Trinajstić information content (AvgIpc) is 3.56. The number of sulfone groups is 1. The summed E-state index contributed by atoms with van der Waals surface area (Å²) in [6, 6.07) is 4.55. The van der Waals surface area contributed by atoms with E-state index in [9.17, 15) is 17.6 Å². The molecule has 0 unspecified atom stereocenters. The minimum Gasteiger partial charge on any atom is -0.443 e. The fraction of sp³-hybridized carbons (Fsp3) is 0.455. The number of nitrogens with one attached hydrogen (secondary N) is 2. The fourth-order valence-corrected chi connectivity index (χ4v) is 4.91. The number of hydrogen-bond donors (Lipinski definition) is 3. The Kier molecular flexibility index (Phi) is 5.54. The molecule has 1 aromatic carbocycles. The van der Waals surface area contributed by atoms with Gasteiger partial charge in [-0.2, -0.15) is 10.1 Å². The Hall–Kier alpha value is -3.48. The summed E-state index contributed by atoms with van der Waals surface area (Å²) < 4.78 is 44.5. The average molecular weight is 504 g/mol. The van der Waals surface area contributed by atoms with Crippen LogP contribution in [-0.4, -0.2) is 59.6 Å². The first-order valence-electron chi connectivity index (χ1n) is 11.3. The van der Waals surface area contributed by atoms with E-state index in [0.717, 1.165) is 19.1 Å². The summed E-state index contributed by atoms with van der Waals surface area (Å²) in [5.41, 5.74) is 5.46. The van der Waals surface area contributed by atoms with Gasteiger partial charge in [0.2, 0.25) is 5.95 Å². The van der Waals surface area contributed by atoms with Crippen molar-refractivity contribution in [2.75, 3.05) is 29.6 Å². The molecule has 4 N–H and O–H groups in total. The molecular weight excluding hydrogens is 477 g/mol. The van der Waals surface area contributed by atoms with Gasteiger partial charge < -0.3 is 20.7 Å². The van der Waals surface area contributed by atoms with Crippen molar-refractivity contribution in [3.63, 3.8) is 0 Å². The maximum absolute atomic E-state index is 15.0. The van der Waals surface area contributed by atoms with Crippen molar-refractivity contribution in [1.82, 2.24) is 20.2 Å². The molecule has 13 heteroatoms. The first-order chi connectivity index (χ1) is 16.5. The third kappa shape index (κ3) is 4.72. The SMILES string of the molecule is CC1(OC(N)=O)CCN(c2nc(Nc3n[nH]c(C4CC4)c3F)c3cc(S(C)(=O)=O)ccc3n2)CC1. The third-order valence-electron chi connectivity index (χ3n) is 6.49. The Bertz CT molecular complexity index is 1410. The van der Waals surface area contributed by atoms with E-state index < -0.39 is 27.3 Å². The van der Waals surface area contributed by atoms with Crippen LogP contribution in [0, 0.1) is 5.82 Å². The normalized spacial score (nSPS) is 18.0. The zero-order valence-electron chi connectivity index (χ0n) is 19.3. The number of benzene rings is 1. The maximum atomic E-state index is 15.0. The van der Waals surface area contributed by atoms with Crippen LogP contribution in [0.5, 0.6) is 0 Å². The molecule has 0 atom stereocenters. The number of primary amides is 1. The second kappa shape index (κ2) is 8.33. The van der Waals surface area contributed by atoms with Crippen LogP contribution >= 0.6 is 0 Å². The monoisotopic (exact) mass is 503 g/mol. The van der Waals surface area contributed by atoms with Crippen LogP contribution in [0.4, 0.5) is 26.8 Å². The van der Waals surface area contributed by atoms with Crippen LogP contribution < -0.4 is 16.0 Å². The van der Waals surface area contributed by atoms with Crippen molar-refractivity contribution in [2.24, 2.45) is 5.73 Å². The number of halogens is 1. The van der Waals surface area contributed by atoms with Gasteiger partial charge >= 0.3 is 6.09 Å². The van der Waals surface area contributed by atoms with Gasteiger partial charge in [0.15, 0.2) is 21.5 Å². The molecule has 1 saturated heterocycles. The first kappa shape index (κ1) is 23.3. The van der Waals surface area contributed by atoms with Gasteiger partial charge in [-0.3, -0.25) is 5.10 Å². The van der Waals surface area contributed by atoms with Gasteiger partial charge in [0.05, 0.1) is 16.1 Å². The van der Waals surface area contributed by atoms with Gasteiger partial charge in [-0.25, -0.2) is 22.6 Å². The van der Waals surface area contributed by atoms with Gasteiger partial charge in [0.1, 0.15) is 11.4 Å². The third-order valence-corrected chi connectivity index (χ3v) is 7.60. The fourth-order valence-electron chi connectivity index (χ4n) is 4.27. The van der Waals surface area contributed by atoms with Crippen LogP contribution in [0.3, 0.4) is 0 Å². The Morgan fingerprint density at radius 3 is 2.60 bits per heavy atom. The highest BCUT2D eigenvalue weighted by Gasteiger charge is 2.34. The topological polar surface area (TPSA) is 156 Å². The van der Waals surface area contributed by atoms with Gasteiger partial charge in [-0.05, 0) is 38.0 Å². The lowest BCUT2D eigenvalue weighted by Gasteiger charge is -2.38. The number of H-pyrrole nitrogens is 1. The van der Waals surface area contributed by atoms with Crippen molar-refractivity contribution in [2.45, 2.75) is 49.0 Å². The Labute approximate surface area is 201 Å². The molecule has 0 radical (unpaired) electrons. The molecule has 1 aliphatic carbocycles. The van der Waals surface area contributed by atoms with E-state index in [1.165, 1.54) is 12.1 Å². The molecule has 1 amide bonds. The molecule has 5 rings (SSSR count). The second-order valence-corrected chi connectivity index (χ2v) is 11.4. The molecule has 1 aliphatic heterocycles. The lowest BCUT2D eigenvalue weighted by molar-refractivity contribution is 0.0125. The van der Waals surface area contributed by atoms with E-state index in [4.69, 9.17) is 10.5 Å². The van der Waals surface area contributed by atoms with Gasteiger partial charge in [0.25, 0.3) is 0 Å². The first-order valence-corrected chi connectivity index (χ1v) is 13.2. The van der Waals surface area contributed by atoms with Crippen molar-refractivity contribution < 1.29 is 22.3 Å². The summed E-state index contributed by atoms with van der Waals surface area (Å²) in [4.78, 5) is 22.5. The van der Waals surface area contributed by atoms with E-state index in [0.29, 0.717) is 48.5 Å². The van der Waals surface area contributed by atoms with Gasteiger partial charge in [-0.15, -0.1) is 0 Å². The molecule has 3 heterocycles. The number of aromatic nitrogens is 4. The Morgan fingerprint density at radius 1 is 1.26 bits per heavy atom. The van der Waals surface area contributed by atoms with Crippen LogP contribution in [0.15, 0.2) is 23.1 Å². The summed E-state index contributed by atoms with van der Waals surface area (Å²) in [5, 5.41) is 10.2. The number of nitrogens with two attached hydrogens (primary N) is 1. The molecule has 0 spiro atoms. The lowest BCUT2D eigenvalue weighted by Crippen LogP contribution is -2.46. The zero-order valence-corrected chi connectivity index (χ0v) is 20.2. The second-order valence-electron chi connectivity index (χ2n) is 9.38. The van der Waals surface area contributed by atoms with Crippen LogP contribution in [-0.2, 0) is 14.6 Å². The van der Waals surface area contributed by atoms with Crippen molar-refractivity contribution in [3.05, 3.63) is 29.7 Å². The smallest absolute Gasteiger partial charge is 0.405 e. The number of nitrogens with zero attached hydrogens (tertiary/aromatic N) is 4. The van der Waals surface area contributed by atoms with Crippen LogP contribution in [0.2, 0.25) is 0 Å². The van der Waals surface area contributed by atoms with Crippen molar-refractivity contribution in [3.8, 4) is 0 Å². The summed E-state index contributed by atoms with van der Waals surface area (Å²) >= 11 is 0. The van der Waals surface area contributed by atoms with E-state index in [-0.39, 0.29) is 22.4 Å². The van der Waals surface area contributed by atoms with E-state index in [2.05, 4.69) is 25.5 Å². The summed E-state index contributed by atoms with van der Waals surface area (Å²) in [6.45, 7) is 2.82. The van der Waals surface area contributed by atoms with E-state index >= 15 is 0 Å². The summed E-state index contributed by atoms with van der Waals surface area (Å²) in [5.74, 6) is 0.274. The molecule has 3 aromatic rings. The molecule has 35 heavy (non-hydrogen) atoms. The maximum Gasteiger partial charge on any atom is 0.405 e. The van der Waals surface area contributed by atoms with Gasteiger partial charge in [0, 0.05) is 43.5 Å². The number of rotatable bonds is 6. The molecule has 2 aliphatic rings. The molecule has 1 saturated carbocycles. The molecule has 2 aromatic heterocycles. The number of anilines is 3. The lowest BCUT2D eigenvalue weighted by atomic mass is 9.93. The quantitative estimate of drug-likeness (QED) is 0.460. The Morgan fingerprint density at radius 2 is 1.97 bits per heavy atom. The highest BCUT2D eigenvalue weighted by Crippen LogP contribution is 2.42. The van der Waals surface area contributed by atoms with Crippen LogP contribution in [0.1, 0.15) is 44.2 Å². The molecule has 0 bridgehead atoms. The molecular formula is C22H26FN7O4S. The minimum absolute atomic E-state index is 0.0105. The summed E-state index contributed by atoms with van der Waals surface area (Å²) in [7, 11) is -3.49. The standard InChI is InChI=1S/C22H26FN7O4S/c1-22(34-20(24)31)7-9-30(10-8-22)21-25-15-6-5-13(35(2,32)33)11-14(15)18(27-21)26-19-16(23)17(28-29-19)12-3-4-12/h5-6,11-12H,3-4,7-10H2,1-2H3,(H2,24,31)(H2,25,26,27,28,29). The number of amides is 1. The predicted octanol–water partition coefficient (Wildman–Crippen LogP) is 2.97. The number of piperidine rings is 1.